The fourth-order valence-corrected chi connectivity index (χ4v) is 5.37. The first-order chi connectivity index (χ1) is 16.3. The minimum Gasteiger partial charge on any atom is -0.463 e. The molecule has 0 radical (unpaired) electrons. The average Bonchev–Trinajstić information content (AvgIpc) is 3.13. The summed E-state index contributed by atoms with van der Waals surface area (Å²) >= 11 is 2.97. The second-order valence-corrected chi connectivity index (χ2v) is 9.95. The van der Waals surface area contributed by atoms with E-state index in [0.717, 1.165) is 21.7 Å². The van der Waals surface area contributed by atoms with E-state index >= 15 is 0 Å². The SMILES string of the molecule is CCOC(=O)C1=C(C)N=c2s/c(=C/c3ccc(N(C)C)cc3)c(=O)n2[C@H]1c1ccc(SC)cc1. The van der Waals surface area contributed by atoms with Crippen LogP contribution in [0.15, 0.2) is 74.5 Å². The van der Waals surface area contributed by atoms with Crippen LogP contribution >= 0.6 is 23.1 Å². The first-order valence-electron chi connectivity index (χ1n) is 10.9. The Morgan fingerprint density at radius 2 is 1.85 bits per heavy atom. The Hall–Kier alpha value is -3.10. The van der Waals surface area contributed by atoms with Crippen LogP contribution in [0, 0.1) is 0 Å². The summed E-state index contributed by atoms with van der Waals surface area (Å²) in [5.74, 6) is -0.448. The van der Waals surface area contributed by atoms with Crippen molar-refractivity contribution < 1.29 is 9.53 Å². The van der Waals surface area contributed by atoms with Crippen LogP contribution in [0.5, 0.6) is 0 Å². The van der Waals surface area contributed by atoms with Gasteiger partial charge in [0.15, 0.2) is 4.80 Å². The Morgan fingerprint density at radius 1 is 1.18 bits per heavy atom. The van der Waals surface area contributed by atoms with Gasteiger partial charge in [0, 0.05) is 24.7 Å². The zero-order valence-electron chi connectivity index (χ0n) is 19.9. The van der Waals surface area contributed by atoms with Gasteiger partial charge in [0.1, 0.15) is 0 Å². The molecule has 0 saturated carbocycles. The number of carbonyl (C=O) groups excluding carboxylic acids is 1. The van der Waals surface area contributed by atoms with Crippen molar-refractivity contribution in [2.24, 2.45) is 4.99 Å². The van der Waals surface area contributed by atoms with Crippen molar-refractivity contribution in [3.63, 3.8) is 0 Å². The molecule has 1 aliphatic rings. The summed E-state index contributed by atoms with van der Waals surface area (Å²) in [5, 5.41) is 0. The summed E-state index contributed by atoms with van der Waals surface area (Å²) in [7, 11) is 3.98. The lowest BCUT2D eigenvalue weighted by molar-refractivity contribution is -0.139. The van der Waals surface area contributed by atoms with Crippen LogP contribution in [0.2, 0.25) is 0 Å². The highest BCUT2D eigenvalue weighted by molar-refractivity contribution is 7.98. The summed E-state index contributed by atoms with van der Waals surface area (Å²) in [6.45, 7) is 3.82. The maximum absolute atomic E-state index is 13.6. The minimum atomic E-state index is -0.593. The number of carbonyl (C=O) groups is 1. The van der Waals surface area contributed by atoms with Gasteiger partial charge >= 0.3 is 5.97 Å². The smallest absolute Gasteiger partial charge is 0.338 e. The Labute approximate surface area is 206 Å². The molecule has 1 aromatic heterocycles. The molecule has 1 aliphatic heterocycles. The van der Waals surface area contributed by atoms with Crippen molar-refractivity contribution >= 4 is 40.8 Å². The molecule has 0 unspecified atom stereocenters. The predicted octanol–water partition coefficient (Wildman–Crippen LogP) is 3.59. The minimum absolute atomic E-state index is 0.173. The Kier molecular flexibility index (Phi) is 7.09. The number of ether oxygens (including phenoxy) is 1. The molecule has 0 bridgehead atoms. The van der Waals surface area contributed by atoms with E-state index in [9.17, 15) is 9.59 Å². The van der Waals surface area contributed by atoms with E-state index in [1.165, 1.54) is 11.3 Å². The van der Waals surface area contributed by atoms with Gasteiger partial charge in [-0.15, -0.1) is 11.8 Å². The van der Waals surface area contributed by atoms with Crippen molar-refractivity contribution in [3.8, 4) is 0 Å². The van der Waals surface area contributed by atoms with Gasteiger partial charge in [-0.1, -0.05) is 35.6 Å². The third-order valence-electron chi connectivity index (χ3n) is 5.66. The van der Waals surface area contributed by atoms with Gasteiger partial charge in [-0.3, -0.25) is 9.36 Å². The van der Waals surface area contributed by atoms with Gasteiger partial charge in [0.05, 0.1) is 28.5 Å². The van der Waals surface area contributed by atoms with Crippen LogP contribution in [-0.4, -0.2) is 37.5 Å². The fraction of sp³-hybridized carbons (Fsp3) is 0.269. The number of rotatable bonds is 6. The molecule has 0 aliphatic carbocycles. The van der Waals surface area contributed by atoms with E-state index in [0.29, 0.717) is 20.6 Å². The molecule has 0 fully saturated rings. The van der Waals surface area contributed by atoms with Gasteiger partial charge in [0.2, 0.25) is 0 Å². The van der Waals surface area contributed by atoms with Crippen LogP contribution < -0.4 is 19.8 Å². The molecule has 0 saturated heterocycles. The number of esters is 1. The van der Waals surface area contributed by atoms with Crippen molar-refractivity contribution in [3.05, 3.63) is 90.6 Å². The number of nitrogens with zero attached hydrogens (tertiary/aromatic N) is 3. The highest BCUT2D eigenvalue weighted by Gasteiger charge is 2.33. The van der Waals surface area contributed by atoms with E-state index in [1.54, 1.807) is 30.2 Å². The highest BCUT2D eigenvalue weighted by atomic mass is 32.2. The van der Waals surface area contributed by atoms with Crippen LogP contribution in [0.3, 0.4) is 0 Å². The van der Waals surface area contributed by atoms with E-state index in [-0.39, 0.29) is 12.2 Å². The highest BCUT2D eigenvalue weighted by Crippen LogP contribution is 2.31. The number of hydrogen-bond donors (Lipinski definition) is 0. The number of aromatic nitrogens is 1. The molecular formula is C26H27N3O3S2. The Morgan fingerprint density at radius 3 is 2.44 bits per heavy atom. The fourth-order valence-electron chi connectivity index (χ4n) is 3.91. The van der Waals surface area contributed by atoms with E-state index in [2.05, 4.69) is 4.99 Å². The van der Waals surface area contributed by atoms with E-state index in [1.807, 2.05) is 79.9 Å². The quantitative estimate of drug-likeness (QED) is 0.388. The number of hydrogen-bond acceptors (Lipinski definition) is 7. The number of anilines is 1. The molecule has 8 heteroatoms. The lowest BCUT2D eigenvalue weighted by Gasteiger charge is -2.24. The summed E-state index contributed by atoms with van der Waals surface area (Å²) in [6.07, 6.45) is 3.89. The van der Waals surface area contributed by atoms with E-state index in [4.69, 9.17) is 4.74 Å². The number of allylic oxidation sites excluding steroid dienone is 1. The van der Waals surface area contributed by atoms with E-state index < -0.39 is 12.0 Å². The number of benzene rings is 2. The van der Waals surface area contributed by atoms with Crippen molar-refractivity contribution in [1.29, 1.82) is 0 Å². The summed E-state index contributed by atoms with van der Waals surface area (Å²) < 4.78 is 7.54. The molecule has 0 N–H and O–H groups in total. The molecule has 0 amide bonds. The normalized spacial score (nSPS) is 15.7. The molecule has 2 heterocycles. The second kappa shape index (κ2) is 10.0. The lowest BCUT2D eigenvalue weighted by Crippen LogP contribution is -2.39. The summed E-state index contributed by atoms with van der Waals surface area (Å²) in [4.78, 5) is 34.9. The first-order valence-corrected chi connectivity index (χ1v) is 13.0. The molecule has 34 heavy (non-hydrogen) atoms. The second-order valence-electron chi connectivity index (χ2n) is 8.06. The molecule has 2 aromatic carbocycles. The third-order valence-corrected chi connectivity index (χ3v) is 7.38. The van der Waals surface area contributed by atoms with Crippen molar-refractivity contribution in [2.45, 2.75) is 24.8 Å². The molecule has 176 valence electrons. The Balaban J connectivity index is 1.89. The van der Waals surface area contributed by atoms with Crippen molar-refractivity contribution in [1.82, 2.24) is 4.57 Å². The van der Waals surface area contributed by atoms with Crippen molar-refractivity contribution in [2.75, 3.05) is 31.9 Å². The number of thioether (sulfide) groups is 1. The van der Waals surface area contributed by atoms with Crippen LogP contribution in [0.1, 0.15) is 31.0 Å². The number of thiazole rings is 1. The first kappa shape index (κ1) is 24.0. The van der Waals surface area contributed by atoms with Gasteiger partial charge < -0.3 is 9.64 Å². The standard InChI is InChI=1S/C26H27N3O3S2/c1-6-32-25(31)22-16(2)27-26-29(23(22)18-9-13-20(33-5)14-10-18)24(30)21(34-26)15-17-7-11-19(12-8-17)28(3)4/h7-15,23H,6H2,1-5H3/b21-15+/t23-/m0/s1. The van der Waals surface area contributed by atoms with Crippen LogP contribution in [0.4, 0.5) is 5.69 Å². The molecule has 4 rings (SSSR count). The zero-order chi connectivity index (χ0) is 24.4. The molecule has 3 aromatic rings. The summed E-state index contributed by atoms with van der Waals surface area (Å²) in [6, 6.07) is 15.3. The Bertz CT molecular complexity index is 1420. The maximum Gasteiger partial charge on any atom is 0.338 e. The molecule has 6 nitrogen and oxygen atoms in total. The largest absolute Gasteiger partial charge is 0.463 e. The van der Waals surface area contributed by atoms with Gasteiger partial charge in [-0.2, -0.15) is 0 Å². The topological polar surface area (TPSA) is 63.9 Å². The number of fused-ring (bicyclic) bond motifs is 1. The zero-order valence-corrected chi connectivity index (χ0v) is 21.5. The predicted molar refractivity (Wildman–Crippen MR) is 139 cm³/mol. The third kappa shape index (κ3) is 4.60. The molecule has 0 spiro atoms. The lowest BCUT2D eigenvalue weighted by atomic mass is 9.96. The monoisotopic (exact) mass is 493 g/mol. The van der Waals surface area contributed by atoms with Gasteiger partial charge in [0.25, 0.3) is 5.56 Å². The molecule has 1 atom stereocenters. The average molecular weight is 494 g/mol. The molecular weight excluding hydrogens is 466 g/mol. The summed E-state index contributed by atoms with van der Waals surface area (Å²) in [5.41, 5.74) is 3.65. The maximum atomic E-state index is 13.6. The van der Waals surface area contributed by atoms with Gasteiger partial charge in [-0.05, 0) is 61.6 Å². The van der Waals surface area contributed by atoms with Crippen LogP contribution in [-0.2, 0) is 9.53 Å². The van der Waals surface area contributed by atoms with Crippen LogP contribution in [0.25, 0.3) is 6.08 Å². The van der Waals surface area contributed by atoms with Gasteiger partial charge in [-0.25, -0.2) is 9.79 Å².